The van der Waals surface area contributed by atoms with Crippen molar-refractivity contribution in [1.82, 2.24) is 15.6 Å². The first kappa shape index (κ1) is 15.1. The van der Waals surface area contributed by atoms with Crippen molar-refractivity contribution in [1.29, 1.82) is 0 Å². The fraction of sp³-hybridized carbons (Fsp3) is 0.0625. The van der Waals surface area contributed by atoms with Crippen molar-refractivity contribution in [3.63, 3.8) is 0 Å². The molecule has 0 atom stereocenters. The molecule has 23 heavy (non-hydrogen) atoms. The molecule has 2 N–H and O–H groups in total. The topological polar surface area (TPSA) is 70.1 Å². The summed E-state index contributed by atoms with van der Waals surface area (Å²) in [6, 6.07) is 12.4. The quantitative estimate of drug-likeness (QED) is 0.569. The van der Waals surface area contributed by atoms with Gasteiger partial charge in [0.1, 0.15) is 5.69 Å². The predicted octanol–water partition coefficient (Wildman–Crippen LogP) is 3.35. The molecule has 0 unspecified atom stereocenters. The van der Waals surface area contributed by atoms with Gasteiger partial charge in [0, 0.05) is 5.56 Å². The third-order valence-corrected chi connectivity index (χ3v) is 3.93. The first-order valence-corrected chi connectivity index (χ1v) is 7.64. The molecule has 2 heterocycles. The van der Waals surface area contributed by atoms with Crippen LogP contribution < -0.4 is 5.43 Å². The molecular formula is C16H13FN4OS. The van der Waals surface area contributed by atoms with Gasteiger partial charge in [0.2, 0.25) is 0 Å². The largest absolute Gasteiger partial charge is 0.289 e. The minimum Gasteiger partial charge on any atom is -0.272 e. The smallest absolute Gasteiger partial charge is 0.272 e. The van der Waals surface area contributed by atoms with Crippen molar-refractivity contribution in [3.8, 4) is 11.3 Å². The first-order chi connectivity index (χ1) is 11.1. The molecule has 2 aromatic heterocycles. The van der Waals surface area contributed by atoms with E-state index in [2.05, 4.69) is 20.7 Å². The summed E-state index contributed by atoms with van der Waals surface area (Å²) < 4.78 is 12.8. The van der Waals surface area contributed by atoms with Gasteiger partial charge in [-0.3, -0.25) is 9.89 Å². The second-order valence-corrected chi connectivity index (χ2v) is 5.94. The van der Waals surface area contributed by atoms with Crippen LogP contribution in [0.15, 0.2) is 47.6 Å². The Kier molecular flexibility index (Phi) is 4.29. The molecule has 3 rings (SSSR count). The van der Waals surface area contributed by atoms with Crippen LogP contribution in [0.1, 0.15) is 20.9 Å². The van der Waals surface area contributed by atoms with Gasteiger partial charge in [0.05, 0.1) is 16.8 Å². The van der Waals surface area contributed by atoms with Gasteiger partial charge >= 0.3 is 0 Å². The lowest BCUT2D eigenvalue weighted by Crippen LogP contribution is -2.17. The maximum Gasteiger partial charge on any atom is 0.289 e. The number of halogens is 1. The lowest BCUT2D eigenvalue weighted by molar-refractivity contribution is 0.0950. The van der Waals surface area contributed by atoms with Crippen LogP contribution in [0.5, 0.6) is 0 Å². The van der Waals surface area contributed by atoms with Gasteiger partial charge in [-0.05, 0) is 25.1 Å². The van der Waals surface area contributed by atoms with Gasteiger partial charge in [-0.2, -0.15) is 14.6 Å². The Labute approximate surface area is 135 Å². The molecule has 3 aromatic rings. The van der Waals surface area contributed by atoms with Gasteiger partial charge in [-0.25, -0.2) is 5.43 Å². The van der Waals surface area contributed by atoms with Crippen molar-refractivity contribution in [2.75, 3.05) is 0 Å². The van der Waals surface area contributed by atoms with Gasteiger partial charge in [0.15, 0.2) is 5.13 Å². The molecule has 1 aromatic carbocycles. The Morgan fingerprint density at radius 3 is 2.78 bits per heavy atom. The fourth-order valence-electron chi connectivity index (χ4n) is 1.92. The Hall–Kier alpha value is -2.80. The zero-order valence-corrected chi connectivity index (χ0v) is 13.0. The van der Waals surface area contributed by atoms with E-state index in [1.54, 1.807) is 12.1 Å². The van der Waals surface area contributed by atoms with Gasteiger partial charge in [0.25, 0.3) is 5.91 Å². The van der Waals surface area contributed by atoms with Gasteiger partial charge in [-0.15, -0.1) is 11.3 Å². The van der Waals surface area contributed by atoms with E-state index in [1.165, 1.54) is 12.3 Å². The minimum atomic E-state index is -0.413. The Balaban J connectivity index is 1.66. The van der Waals surface area contributed by atoms with E-state index in [9.17, 15) is 9.18 Å². The zero-order valence-electron chi connectivity index (χ0n) is 12.2. The predicted molar refractivity (Wildman–Crippen MR) is 88.1 cm³/mol. The van der Waals surface area contributed by atoms with Crippen LogP contribution in [0.2, 0.25) is 0 Å². The molecular weight excluding hydrogens is 315 g/mol. The van der Waals surface area contributed by atoms with E-state index in [1.807, 2.05) is 31.2 Å². The van der Waals surface area contributed by atoms with Crippen LogP contribution in [0, 0.1) is 12.1 Å². The maximum atomic E-state index is 12.8. The summed E-state index contributed by atoms with van der Waals surface area (Å²) in [5.74, 6) is -0.413. The third kappa shape index (κ3) is 3.70. The highest BCUT2D eigenvalue weighted by Gasteiger charge is 2.10. The molecule has 0 spiro atoms. The Morgan fingerprint density at radius 1 is 1.30 bits per heavy atom. The van der Waals surface area contributed by atoms with Crippen molar-refractivity contribution >= 4 is 23.5 Å². The molecule has 0 saturated heterocycles. The third-order valence-electron chi connectivity index (χ3n) is 3.12. The number of thiophene rings is 1. The lowest BCUT2D eigenvalue weighted by Gasteiger charge is -1.96. The molecule has 0 fully saturated rings. The summed E-state index contributed by atoms with van der Waals surface area (Å²) in [5, 5.41) is 10.3. The lowest BCUT2D eigenvalue weighted by atomic mass is 10.1. The van der Waals surface area contributed by atoms with Gasteiger partial charge in [-0.1, -0.05) is 29.8 Å². The average Bonchev–Trinajstić information content (AvgIpc) is 3.17. The van der Waals surface area contributed by atoms with Gasteiger partial charge < -0.3 is 0 Å². The number of aromatic amines is 1. The number of hydrogen-bond acceptors (Lipinski definition) is 4. The van der Waals surface area contributed by atoms with E-state index in [4.69, 9.17) is 0 Å². The number of hydrogen-bond donors (Lipinski definition) is 2. The molecule has 116 valence electrons. The normalized spacial score (nSPS) is 11.0. The summed E-state index contributed by atoms with van der Waals surface area (Å²) >= 11 is 0.950. The Bertz CT molecular complexity index is 851. The van der Waals surface area contributed by atoms with Crippen molar-refractivity contribution in [3.05, 3.63) is 63.7 Å². The number of amides is 1. The van der Waals surface area contributed by atoms with Crippen LogP contribution in [-0.2, 0) is 0 Å². The molecule has 0 aliphatic rings. The monoisotopic (exact) mass is 328 g/mol. The van der Waals surface area contributed by atoms with Crippen LogP contribution in [0.25, 0.3) is 11.3 Å². The van der Waals surface area contributed by atoms with E-state index < -0.39 is 5.91 Å². The fourth-order valence-corrected chi connectivity index (χ4v) is 2.53. The summed E-state index contributed by atoms with van der Waals surface area (Å²) in [6.07, 6.45) is 1.39. The van der Waals surface area contributed by atoms with Crippen LogP contribution in [0.3, 0.4) is 0 Å². The number of carbonyl (C=O) groups is 1. The number of nitrogens with one attached hydrogen (secondary N) is 2. The van der Waals surface area contributed by atoms with Crippen molar-refractivity contribution in [2.24, 2.45) is 5.10 Å². The number of H-pyrrole nitrogens is 1. The number of carbonyl (C=O) groups excluding carboxylic acids is 1. The number of nitrogens with zero attached hydrogens (tertiary/aromatic N) is 2. The molecule has 1 amide bonds. The summed E-state index contributed by atoms with van der Waals surface area (Å²) in [5.41, 5.74) is 5.43. The van der Waals surface area contributed by atoms with Crippen molar-refractivity contribution < 1.29 is 9.18 Å². The number of aromatic nitrogens is 2. The SMILES string of the molecule is Cc1ccc(-c2cc(C(=O)N/N=C\c3ccc(F)s3)[nH]n2)cc1. The van der Waals surface area contributed by atoms with E-state index >= 15 is 0 Å². The van der Waals surface area contributed by atoms with Crippen LogP contribution >= 0.6 is 11.3 Å². The average molecular weight is 328 g/mol. The highest BCUT2D eigenvalue weighted by atomic mass is 32.1. The highest BCUT2D eigenvalue weighted by molar-refractivity contribution is 7.12. The first-order valence-electron chi connectivity index (χ1n) is 6.83. The van der Waals surface area contributed by atoms with Crippen molar-refractivity contribution in [2.45, 2.75) is 6.92 Å². The van der Waals surface area contributed by atoms with E-state index in [0.29, 0.717) is 16.3 Å². The molecule has 0 aliphatic heterocycles. The summed E-state index contributed by atoms with van der Waals surface area (Å²) in [7, 11) is 0. The number of hydrazone groups is 1. The highest BCUT2D eigenvalue weighted by Crippen LogP contribution is 2.18. The van der Waals surface area contributed by atoms with Crippen LogP contribution in [-0.4, -0.2) is 22.3 Å². The molecule has 5 nitrogen and oxygen atoms in total. The summed E-state index contributed by atoms with van der Waals surface area (Å²) in [6.45, 7) is 2.00. The molecule has 0 radical (unpaired) electrons. The second kappa shape index (κ2) is 6.53. The molecule has 0 saturated carbocycles. The molecule has 0 bridgehead atoms. The zero-order chi connectivity index (χ0) is 16.2. The minimum absolute atomic E-state index is 0.297. The second-order valence-electron chi connectivity index (χ2n) is 4.87. The number of rotatable bonds is 4. The van der Waals surface area contributed by atoms with Crippen LogP contribution in [0.4, 0.5) is 4.39 Å². The number of aryl methyl sites for hydroxylation is 1. The summed E-state index contributed by atoms with van der Waals surface area (Å²) in [4.78, 5) is 12.6. The molecule has 0 aliphatic carbocycles. The number of benzene rings is 1. The maximum absolute atomic E-state index is 12.8. The van der Waals surface area contributed by atoms with E-state index in [0.717, 1.165) is 22.5 Å². The standard InChI is InChI=1S/C16H13FN4OS/c1-10-2-4-11(5-3-10)13-8-14(20-19-13)16(22)21-18-9-12-6-7-15(17)23-12/h2-9H,1H3,(H,19,20)(H,21,22)/b18-9-. The molecule has 7 heteroatoms. The Morgan fingerprint density at radius 2 is 2.09 bits per heavy atom. The van der Waals surface area contributed by atoms with E-state index in [-0.39, 0.29) is 5.13 Å².